The molecule has 0 aliphatic rings. The summed E-state index contributed by atoms with van der Waals surface area (Å²) in [4.78, 5) is 12.2. The van der Waals surface area contributed by atoms with Crippen LogP contribution < -0.4 is 0 Å². The Bertz CT molecular complexity index is 515. The van der Waals surface area contributed by atoms with Crippen LogP contribution in [0.25, 0.3) is 0 Å². The van der Waals surface area contributed by atoms with Crippen LogP contribution in [0.15, 0.2) is 54.6 Å². The van der Waals surface area contributed by atoms with Gasteiger partial charge in [-0.1, -0.05) is 54.6 Å². The van der Waals surface area contributed by atoms with Crippen molar-refractivity contribution in [2.45, 2.75) is 6.16 Å². The van der Waals surface area contributed by atoms with Gasteiger partial charge in [0.25, 0.3) is 0 Å². The van der Waals surface area contributed by atoms with E-state index in [1.165, 1.54) is 5.56 Å². The fraction of sp³-hybridized carbons (Fsp3) is 0.188. The van der Waals surface area contributed by atoms with Crippen LogP contribution in [0.4, 0.5) is 0 Å². The first-order chi connectivity index (χ1) is 8.66. The van der Waals surface area contributed by atoms with E-state index < -0.39 is 0 Å². The van der Waals surface area contributed by atoms with E-state index in [1.54, 1.807) is 0 Å². The molecule has 0 saturated carbocycles. The molecule has 2 aromatic rings. The number of hydrogen-bond donors (Lipinski definition) is 0. The lowest BCUT2D eigenvalue weighted by atomic mass is 10.0. The molecule has 0 amide bonds. The van der Waals surface area contributed by atoms with E-state index in [4.69, 9.17) is 0 Å². The zero-order valence-electron chi connectivity index (χ0n) is 10.8. The summed E-state index contributed by atoms with van der Waals surface area (Å²) in [7, 11) is 0.0695. The molecule has 2 rings (SSSR count). The molecule has 0 saturated heterocycles. The summed E-state index contributed by atoms with van der Waals surface area (Å²) >= 11 is 0. The van der Waals surface area contributed by atoms with Gasteiger partial charge in [-0.25, -0.2) is 0 Å². The van der Waals surface area contributed by atoms with Crippen molar-refractivity contribution < 1.29 is 4.79 Å². The van der Waals surface area contributed by atoms with Crippen molar-refractivity contribution in [1.82, 2.24) is 0 Å². The lowest BCUT2D eigenvalue weighted by molar-refractivity contribution is 0.103. The van der Waals surface area contributed by atoms with Crippen molar-refractivity contribution in [2.24, 2.45) is 0 Å². The minimum atomic E-state index is 0.0695. The SMILES string of the molecule is CP(C)Cc1ccc(C(=O)c2ccccc2)cc1. The summed E-state index contributed by atoms with van der Waals surface area (Å²) in [5.41, 5.74) is 2.83. The zero-order chi connectivity index (χ0) is 13.0. The van der Waals surface area contributed by atoms with Crippen molar-refractivity contribution in [3.8, 4) is 0 Å². The van der Waals surface area contributed by atoms with Crippen molar-refractivity contribution >= 4 is 13.7 Å². The summed E-state index contributed by atoms with van der Waals surface area (Å²) in [6.07, 6.45) is 1.12. The molecular formula is C16H17OP. The molecule has 0 radical (unpaired) electrons. The Morgan fingerprint density at radius 2 is 1.44 bits per heavy atom. The maximum absolute atomic E-state index is 12.2. The van der Waals surface area contributed by atoms with Crippen LogP contribution in [-0.4, -0.2) is 19.1 Å². The molecular weight excluding hydrogens is 239 g/mol. The Morgan fingerprint density at radius 1 is 0.889 bits per heavy atom. The molecule has 0 fully saturated rings. The first kappa shape index (κ1) is 13.0. The van der Waals surface area contributed by atoms with Gasteiger partial charge >= 0.3 is 0 Å². The minimum Gasteiger partial charge on any atom is -0.289 e. The second-order valence-corrected chi connectivity index (χ2v) is 7.11. The Morgan fingerprint density at radius 3 is 2.00 bits per heavy atom. The number of hydrogen-bond acceptors (Lipinski definition) is 1. The highest BCUT2D eigenvalue weighted by Gasteiger charge is 2.08. The lowest BCUT2D eigenvalue weighted by Crippen LogP contribution is -2.00. The Hall–Kier alpha value is -1.46. The summed E-state index contributed by atoms with van der Waals surface area (Å²) in [6.45, 7) is 4.52. The van der Waals surface area contributed by atoms with E-state index >= 15 is 0 Å². The van der Waals surface area contributed by atoms with Crippen LogP contribution in [0.5, 0.6) is 0 Å². The van der Waals surface area contributed by atoms with Crippen molar-refractivity contribution in [2.75, 3.05) is 13.3 Å². The molecule has 0 atom stereocenters. The van der Waals surface area contributed by atoms with E-state index in [1.807, 2.05) is 42.5 Å². The first-order valence-electron chi connectivity index (χ1n) is 6.00. The third-order valence-corrected chi connectivity index (χ3v) is 3.75. The van der Waals surface area contributed by atoms with Gasteiger partial charge in [-0.15, -0.1) is 7.92 Å². The third-order valence-electron chi connectivity index (χ3n) is 2.75. The van der Waals surface area contributed by atoms with Gasteiger partial charge in [-0.3, -0.25) is 4.79 Å². The van der Waals surface area contributed by atoms with Crippen LogP contribution in [0.3, 0.4) is 0 Å². The van der Waals surface area contributed by atoms with E-state index in [2.05, 4.69) is 25.5 Å². The fourth-order valence-electron chi connectivity index (χ4n) is 1.88. The Balaban J connectivity index is 2.17. The molecule has 0 aliphatic heterocycles. The van der Waals surface area contributed by atoms with Crippen molar-refractivity contribution in [1.29, 1.82) is 0 Å². The molecule has 0 spiro atoms. The molecule has 0 bridgehead atoms. The van der Waals surface area contributed by atoms with E-state index in [0.29, 0.717) is 0 Å². The first-order valence-corrected chi connectivity index (χ1v) is 8.42. The quantitative estimate of drug-likeness (QED) is 0.593. The van der Waals surface area contributed by atoms with E-state index in [-0.39, 0.29) is 13.7 Å². The summed E-state index contributed by atoms with van der Waals surface area (Å²) < 4.78 is 0. The van der Waals surface area contributed by atoms with Gasteiger partial charge in [-0.05, 0) is 25.1 Å². The van der Waals surface area contributed by atoms with Gasteiger partial charge in [0.2, 0.25) is 0 Å². The molecule has 92 valence electrons. The molecule has 0 heterocycles. The van der Waals surface area contributed by atoms with Gasteiger partial charge in [0.1, 0.15) is 0 Å². The third kappa shape index (κ3) is 3.27. The maximum Gasteiger partial charge on any atom is 0.193 e. The predicted molar refractivity (Wildman–Crippen MR) is 78.8 cm³/mol. The highest BCUT2D eigenvalue weighted by atomic mass is 31.1. The fourth-order valence-corrected chi connectivity index (χ4v) is 2.82. The number of ketones is 1. The summed E-state index contributed by atoms with van der Waals surface area (Å²) in [5, 5.41) is 0. The monoisotopic (exact) mass is 256 g/mol. The highest BCUT2D eigenvalue weighted by molar-refractivity contribution is 7.55. The zero-order valence-corrected chi connectivity index (χ0v) is 11.7. The number of rotatable bonds is 4. The van der Waals surface area contributed by atoms with E-state index in [0.717, 1.165) is 17.3 Å². The van der Waals surface area contributed by atoms with Crippen LogP contribution in [0.2, 0.25) is 0 Å². The molecule has 0 aliphatic carbocycles. The van der Waals surface area contributed by atoms with Gasteiger partial charge in [0.15, 0.2) is 5.78 Å². The van der Waals surface area contributed by atoms with Gasteiger partial charge in [0.05, 0.1) is 0 Å². The second kappa shape index (κ2) is 5.93. The molecule has 0 unspecified atom stereocenters. The second-order valence-electron chi connectivity index (χ2n) is 4.63. The van der Waals surface area contributed by atoms with Crippen LogP contribution >= 0.6 is 7.92 Å². The average Bonchev–Trinajstić information content (AvgIpc) is 2.39. The van der Waals surface area contributed by atoms with Crippen LogP contribution in [-0.2, 0) is 6.16 Å². The van der Waals surface area contributed by atoms with Crippen LogP contribution in [0, 0.1) is 0 Å². The minimum absolute atomic E-state index is 0.0695. The van der Waals surface area contributed by atoms with E-state index in [9.17, 15) is 4.79 Å². The molecule has 2 heteroatoms. The largest absolute Gasteiger partial charge is 0.289 e. The maximum atomic E-state index is 12.2. The molecule has 2 aromatic carbocycles. The molecule has 0 N–H and O–H groups in total. The summed E-state index contributed by atoms with van der Waals surface area (Å²) in [5.74, 6) is 0.0948. The van der Waals surface area contributed by atoms with Crippen LogP contribution in [0.1, 0.15) is 21.5 Å². The topological polar surface area (TPSA) is 17.1 Å². The molecule has 0 aromatic heterocycles. The number of benzene rings is 2. The smallest absolute Gasteiger partial charge is 0.193 e. The molecule has 1 nitrogen and oxygen atoms in total. The normalized spacial score (nSPS) is 10.6. The van der Waals surface area contributed by atoms with Crippen molar-refractivity contribution in [3.05, 3.63) is 71.3 Å². The average molecular weight is 256 g/mol. The highest BCUT2D eigenvalue weighted by Crippen LogP contribution is 2.30. The number of carbonyl (C=O) groups excluding carboxylic acids is 1. The Labute approximate surface area is 110 Å². The standard InChI is InChI=1S/C16H17OP/c1-18(2)12-13-8-10-15(11-9-13)16(17)14-6-4-3-5-7-14/h3-11H,12H2,1-2H3. The van der Waals surface area contributed by atoms with Gasteiger partial charge in [-0.2, -0.15) is 0 Å². The lowest BCUT2D eigenvalue weighted by Gasteiger charge is -2.06. The molecule has 18 heavy (non-hydrogen) atoms. The number of carbonyl (C=O) groups is 1. The summed E-state index contributed by atoms with van der Waals surface area (Å²) in [6, 6.07) is 17.4. The predicted octanol–water partition coefficient (Wildman–Crippen LogP) is 4.16. The van der Waals surface area contributed by atoms with Crippen molar-refractivity contribution in [3.63, 3.8) is 0 Å². The van der Waals surface area contributed by atoms with Gasteiger partial charge < -0.3 is 0 Å². The van der Waals surface area contributed by atoms with Gasteiger partial charge in [0, 0.05) is 11.1 Å². The Kier molecular flexibility index (Phi) is 4.28.